The topological polar surface area (TPSA) is 59.2 Å². The summed E-state index contributed by atoms with van der Waals surface area (Å²) in [6.45, 7) is 4.10. The molecule has 0 aliphatic rings. The van der Waals surface area contributed by atoms with Gasteiger partial charge in [-0.15, -0.1) is 0 Å². The van der Waals surface area contributed by atoms with E-state index in [0.29, 0.717) is 46.1 Å². The molecule has 0 aliphatic carbocycles. The van der Waals surface area contributed by atoms with Gasteiger partial charge in [0.2, 0.25) is 11.7 Å². The predicted molar refractivity (Wildman–Crippen MR) is 78.9 cm³/mol. The van der Waals surface area contributed by atoms with Gasteiger partial charge in [-0.1, -0.05) is 42.2 Å². The van der Waals surface area contributed by atoms with E-state index in [0.717, 1.165) is 0 Å². The second-order valence-electron chi connectivity index (χ2n) is 5.16. The Morgan fingerprint density at radius 3 is 2.45 bits per heavy atom. The highest BCUT2D eigenvalue weighted by Crippen LogP contribution is 2.25. The molecule has 20 heavy (non-hydrogen) atoms. The maximum absolute atomic E-state index is 9.87. The Morgan fingerprint density at radius 2 is 1.85 bits per heavy atom. The molecule has 0 amide bonds. The van der Waals surface area contributed by atoms with Crippen LogP contribution >= 0.6 is 23.2 Å². The van der Waals surface area contributed by atoms with Crippen molar-refractivity contribution < 1.29 is 9.63 Å². The smallest absolute Gasteiger partial charge is 0.229 e. The first-order chi connectivity index (χ1) is 9.44. The van der Waals surface area contributed by atoms with Crippen molar-refractivity contribution in [1.29, 1.82) is 0 Å². The molecule has 2 rings (SSSR count). The summed E-state index contributed by atoms with van der Waals surface area (Å²) in [6.07, 6.45) is 0.562. The van der Waals surface area contributed by atoms with E-state index >= 15 is 0 Å². The van der Waals surface area contributed by atoms with Gasteiger partial charge in [0.25, 0.3) is 0 Å². The average Bonchev–Trinajstić information content (AvgIpc) is 2.74. The van der Waals surface area contributed by atoms with Crippen molar-refractivity contribution in [3.05, 3.63) is 34.1 Å². The summed E-state index contributed by atoms with van der Waals surface area (Å²) in [6, 6.07) is 5.07. The summed E-state index contributed by atoms with van der Waals surface area (Å²) >= 11 is 11.9. The fraction of sp³-hybridized carbons (Fsp3) is 0.429. The van der Waals surface area contributed by atoms with Gasteiger partial charge in [-0.2, -0.15) is 4.98 Å². The van der Waals surface area contributed by atoms with Gasteiger partial charge in [0, 0.05) is 15.6 Å². The molecule has 0 saturated heterocycles. The number of benzene rings is 1. The van der Waals surface area contributed by atoms with Crippen molar-refractivity contribution >= 4 is 23.2 Å². The lowest BCUT2D eigenvalue weighted by atomic mass is 10.0. The highest BCUT2D eigenvalue weighted by atomic mass is 35.5. The minimum absolute atomic E-state index is 0.347. The SMILES string of the molecule is CC(C)CC(O)Cc1nc(-c2cc(Cl)cc(Cl)c2)no1. The van der Waals surface area contributed by atoms with E-state index in [1.807, 2.05) is 0 Å². The van der Waals surface area contributed by atoms with Crippen LogP contribution in [-0.2, 0) is 6.42 Å². The molecule has 0 radical (unpaired) electrons. The molecule has 1 aromatic carbocycles. The first-order valence-electron chi connectivity index (χ1n) is 6.41. The summed E-state index contributed by atoms with van der Waals surface area (Å²) in [7, 11) is 0. The van der Waals surface area contributed by atoms with Crippen LogP contribution in [0.2, 0.25) is 10.0 Å². The number of rotatable bonds is 5. The molecule has 1 heterocycles. The van der Waals surface area contributed by atoms with Crippen LogP contribution in [0.25, 0.3) is 11.4 Å². The van der Waals surface area contributed by atoms with Gasteiger partial charge in [-0.3, -0.25) is 0 Å². The Hall–Kier alpha value is -1.10. The normalized spacial score (nSPS) is 12.9. The molecule has 6 heteroatoms. The lowest BCUT2D eigenvalue weighted by molar-refractivity contribution is 0.138. The van der Waals surface area contributed by atoms with Crippen molar-refractivity contribution in [2.75, 3.05) is 0 Å². The highest BCUT2D eigenvalue weighted by Gasteiger charge is 2.15. The molecule has 0 spiro atoms. The third-order valence-electron chi connectivity index (χ3n) is 2.74. The van der Waals surface area contributed by atoms with Crippen molar-refractivity contribution in [3.8, 4) is 11.4 Å². The van der Waals surface area contributed by atoms with Crippen LogP contribution in [0.15, 0.2) is 22.7 Å². The summed E-state index contributed by atoms with van der Waals surface area (Å²) in [4.78, 5) is 4.25. The number of nitrogens with zero attached hydrogens (tertiary/aromatic N) is 2. The van der Waals surface area contributed by atoms with Gasteiger partial charge in [0.1, 0.15) is 0 Å². The standard InChI is InChI=1S/C14H16Cl2N2O2/c1-8(2)3-12(19)7-13-17-14(18-20-13)9-4-10(15)6-11(16)5-9/h4-6,8,12,19H,3,7H2,1-2H3. The monoisotopic (exact) mass is 314 g/mol. The zero-order chi connectivity index (χ0) is 14.7. The molecule has 1 aromatic heterocycles. The lowest BCUT2D eigenvalue weighted by Crippen LogP contribution is -2.13. The fourth-order valence-electron chi connectivity index (χ4n) is 1.97. The third kappa shape index (κ3) is 4.20. The van der Waals surface area contributed by atoms with Crippen LogP contribution in [0.1, 0.15) is 26.2 Å². The van der Waals surface area contributed by atoms with Crippen molar-refractivity contribution in [1.82, 2.24) is 10.1 Å². The Labute approximate surface area is 127 Å². The maximum Gasteiger partial charge on any atom is 0.229 e. The molecular weight excluding hydrogens is 299 g/mol. The van der Waals surface area contributed by atoms with E-state index in [4.69, 9.17) is 27.7 Å². The lowest BCUT2D eigenvalue weighted by Gasteiger charge is -2.09. The molecule has 0 fully saturated rings. The summed E-state index contributed by atoms with van der Waals surface area (Å²) in [5.41, 5.74) is 0.691. The summed E-state index contributed by atoms with van der Waals surface area (Å²) in [5.74, 6) is 1.24. The minimum Gasteiger partial charge on any atom is -0.393 e. The van der Waals surface area contributed by atoms with Crippen molar-refractivity contribution in [2.45, 2.75) is 32.8 Å². The van der Waals surface area contributed by atoms with Crippen LogP contribution in [0.5, 0.6) is 0 Å². The van der Waals surface area contributed by atoms with Crippen LogP contribution in [-0.4, -0.2) is 21.4 Å². The van der Waals surface area contributed by atoms with Crippen LogP contribution in [0.3, 0.4) is 0 Å². The first-order valence-corrected chi connectivity index (χ1v) is 7.16. The van der Waals surface area contributed by atoms with Gasteiger partial charge >= 0.3 is 0 Å². The minimum atomic E-state index is -0.480. The molecule has 4 nitrogen and oxygen atoms in total. The fourth-order valence-corrected chi connectivity index (χ4v) is 2.49. The molecular formula is C14H16Cl2N2O2. The molecule has 0 bridgehead atoms. The zero-order valence-electron chi connectivity index (χ0n) is 11.3. The second kappa shape index (κ2) is 6.57. The molecule has 108 valence electrons. The molecule has 0 aliphatic heterocycles. The third-order valence-corrected chi connectivity index (χ3v) is 3.18. The molecule has 0 saturated carbocycles. The molecule has 2 aromatic rings. The van der Waals surface area contributed by atoms with Crippen LogP contribution in [0, 0.1) is 5.92 Å². The Balaban J connectivity index is 2.12. The number of aliphatic hydroxyl groups is 1. The molecule has 1 N–H and O–H groups in total. The zero-order valence-corrected chi connectivity index (χ0v) is 12.8. The molecule has 1 atom stereocenters. The van der Waals surface area contributed by atoms with Gasteiger partial charge in [0.05, 0.1) is 12.5 Å². The highest BCUT2D eigenvalue weighted by molar-refractivity contribution is 6.35. The van der Waals surface area contributed by atoms with Crippen LogP contribution in [0.4, 0.5) is 0 Å². The van der Waals surface area contributed by atoms with E-state index in [-0.39, 0.29) is 0 Å². The quantitative estimate of drug-likeness (QED) is 0.906. The maximum atomic E-state index is 9.87. The Kier molecular flexibility index (Phi) is 5.02. The first kappa shape index (κ1) is 15.3. The Morgan fingerprint density at radius 1 is 1.20 bits per heavy atom. The molecule has 1 unspecified atom stereocenters. The summed E-state index contributed by atoms with van der Waals surface area (Å²) in [5, 5.41) is 14.8. The van der Waals surface area contributed by atoms with E-state index in [9.17, 15) is 5.11 Å². The average molecular weight is 315 g/mol. The largest absolute Gasteiger partial charge is 0.393 e. The van der Waals surface area contributed by atoms with E-state index < -0.39 is 6.10 Å². The van der Waals surface area contributed by atoms with Crippen molar-refractivity contribution in [2.24, 2.45) is 5.92 Å². The predicted octanol–water partition coefficient (Wildman–Crippen LogP) is 3.99. The van der Waals surface area contributed by atoms with E-state index in [2.05, 4.69) is 24.0 Å². The summed E-state index contributed by atoms with van der Waals surface area (Å²) < 4.78 is 5.14. The number of aliphatic hydroxyl groups excluding tert-OH is 1. The Bertz CT molecular complexity index is 564. The van der Waals surface area contributed by atoms with Gasteiger partial charge in [-0.05, 0) is 30.5 Å². The van der Waals surface area contributed by atoms with Gasteiger partial charge < -0.3 is 9.63 Å². The van der Waals surface area contributed by atoms with Gasteiger partial charge in [-0.25, -0.2) is 0 Å². The van der Waals surface area contributed by atoms with E-state index in [1.165, 1.54) is 0 Å². The number of halogens is 2. The van der Waals surface area contributed by atoms with Gasteiger partial charge in [0.15, 0.2) is 0 Å². The van der Waals surface area contributed by atoms with Crippen molar-refractivity contribution in [3.63, 3.8) is 0 Å². The van der Waals surface area contributed by atoms with Crippen LogP contribution < -0.4 is 0 Å². The number of hydrogen-bond acceptors (Lipinski definition) is 4. The second-order valence-corrected chi connectivity index (χ2v) is 6.03. The number of hydrogen-bond donors (Lipinski definition) is 1. The number of aromatic nitrogens is 2. The van der Waals surface area contributed by atoms with E-state index in [1.54, 1.807) is 18.2 Å².